The summed E-state index contributed by atoms with van der Waals surface area (Å²) in [6.45, 7) is 5.44. The van der Waals surface area contributed by atoms with Gasteiger partial charge in [-0.2, -0.15) is 0 Å². The maximum Gasteiger partial charge on any atom is 0.303 e. The molecule has 3 saturated carbocycles. The van der Waals surface area contributed by atoms with Crippen LogP contribution in [0.1, 0.15) is 59.3 Å². The molecule has 4 aliphatic rings. The van der Waals surface area contributed by atoms with E-state index in [1.165, 1.54) is 20.1 Å². The molecular formula is C25H35FO6. The second-order valence-electron chi connectivity index (χ2n) is 10.7. The van der Waals surface area contributed by atoms with Crippen LogP contribution in [0.4, 0.5) is 4.39 Å². The number of Topliss-reactive ketones (excluding diaryl/α,β-unsaturated/α-hetero) is 1. The molecule has 0 N–H and O–H groups in total. The number of fused-ring (bicyclic) bond motifs is 5. The molecule has 0 amide bonds. The molecule has 7 heteroatoms. The van der Waals surface area contributed by atoms with E-state index in [2.05, 4.69) is 13.8 Å². The second-order valence-corrected chi connectivity index (χ2v) is 10.7. The SMILES string of the molecule is COCOC1C[C@@]2(C)C(=CC1=O)[C@@H](F)C[C@H]1[C@@H]3CC[C@H](C(=O)COC(C)=O)[C@@]3(C)CC[C@@H]12. The van der Waals surface area contributed by atoms with E-state index < -0.39 is 23.7 Å². The molecule has 0 saturated heterocycles. The van der Waals surface area contributed by atoms with E-state index in [0.717, 1.165) is 25.7 Å². The molecule has 0 aromatic rings. The zero-order valence-corrected chi connectivity index (χ0v) is 19.5. The third-order valence-electron chi connectivity index (χ3n) is 9.15. The second kappa shape index (κ2) is 8.64. The Morgan fingerprint density at radius 2 is 1.94 bits per heavy atom. The minimum absolute atomic E-state index is 0.0145. The summed E-state index contributed by atoms with van der Waals surface area (Å²) >= 11 is 0. The average molecular weight is 451 g/mol. The van der Waals surface area contributed by atoms with Crippen LogP contribution in [0.15, 0.2) is 11.6 Å². The van der Waals surface area contributed by atoms with Gasteiger partial charge in [-0.1, -0.05) is 13.8 Å². The van der Waals surface area contributed by atoms with Crippen molar-refractivity contribution in [2.75, 3.05) is 20.5 Å². The first-order chi connectivity index (χ1) is 15.1. The lowest BCUT2D eigenvalue weighted by atomic mass is 9.46. The predicted octanol–water partition coefficient (Wildman–Crippen LogP) is 3.81. The number of ketones is 2. The predicted molar refractivity (Wildman–Crippen MR) is 114 cm³/mol. The Hall–Kier alpha value is -1.60. The van der Waals surface area contributed by atoms with Crippen molar-refractivity contribution in [2.24, 2.45) is 34.5 Å². The molecule has 0 bridgehead atoms. The standard InChI is InChI=1S/C25H35FO6/c1-14(27)31-12-22(29)18-6-5-16-15-9-20(26)19-10-21(28)23(32-13-30-4)11-25(19,3)17(15)7-8-24(16,18)2/h10,15-18,20,23H,5-9,11-13H2,1-4H3/t15-,16-,17-,18+,20-,23?,24-,25+/m0/s1. The monoisotopic (exact) mass is 450 g/mol. The fourth-order valence-electron chi connectivity index (χ4n) is 7.70. The number of rotatable bonds is 6. The number of carbonyl (C=O) groups is 3. The number of hydrogen-bond donors (Lipinski definition) is 0. The van der Waals surface area contributed by atoms with Crippen LogP contribution in [-0.4, -0.2) is 50.3 Å². The fraction of sp³-hybridized carbons (Fsp3) is 0.800. The van der Waals surface area contributed by atoms with Crippen molar-refractivity contribution < 1.29 is 33.0 Å². The zero-order chi connectivity index (χ0) is 23.3. The van der Waals surface area contributed by atoms with Gasteiger partial charge in [0, 0.05) is 20.0 Å². The molecule has 4 aliphatic carbocycles. The first kappa shape index (κ1) is 23.6. The van der Waals surface area contributed by atoms with Crippen molar-refractivity contribution in [3.63, 3.8) is 0 Å². The van der Waals surface area contributed by atoms with Crippen molar-refractivity contribution in [3.05, 3.63) is 11.6 Å². The Morgan fingerprint density at radius 1 is 1.19 bits per heavy atom. The molecule has 3 fully saturated rings. The van der Waals surface area contributed by atoms with Crippen LogP contribution in [0.25, 0.3) is 0 Å². The van der Waals surface area contributed by atoms with Crippen LogP contribution in [-0.2, 0) is 28.6 Å². The van der Waals surface area contributed by atoms with E-state index in [0.29, 0.717) is 18.4 Å². The summed E-state index contributed by atoms with van der Waals surface area (Å²) in [6.07, 6.45) is 4.05. The largest absolute Gasteiger partial charge is 0.458 e. The molecule has 178 valence electrons. The normalized spacial score (nSPS) is 43.0. The highest BCUT2D eigenvalue weighted by Gasteiger charge is 2.62. The minimum atomic E-state index is -1.15. The highest BCUT2D eigenvalue weighted by Crippen LogP contribution is 2.67. The lowest BCUT2D eigenvalue weighted by Crippen LogP contribution is -2.55. The summed E-state index contributed by atoms with van der Waals surface area (Å²) in [5.41, 5.74) is -0.00723. The van der Waals surface area contributed by atoms with Crippen LogP contribution in [0, 0.1) is 34.5 Å². The van der Waals surface area contributed by atoms with Crippen molar-refractivity contribution in [1.82, 2.24) is 0 Å². The summed E-state index contributed by atoms with van der Waals surface area (Å²) in [6, 6.07) is 0. The molecule has 0 spiro atoms. The van der Waals surface area contributed by atoms with Crippen LogP contribution < -0.4 is 0 Å². The van der Waals surface area contributed by atoms with Gasteiger partial charge in [-0.15, -0.1) is 0 Å². The van der Waals surface area contributed by atoms with Gasteiger partial charge in [-0.3, -0.25) is 14.4 Å². The number of alkyl halides is 1. The molecule has 0 radical (unpaired) electrons. The van der Waals surface area contributed by atoms with Crippen molar-refractivity contribution in [2.45, 2.75) is 71.6 Å². The van der Waals surface area contributed by atoms with E-state index in [9.17, 15) is 14.4 Å². The smallest absolute Gasteiger partial charge is 0.303 e. The van der Waals surface area contributed by atoms with Gasteiger partial charge in [0.2, 0.25) is 0 Å². The van der Waals surface area contributed by atoms with Crippen molar-refractivity contribution >= 4 is 17.5 Å². The van der Waals surface area contributed by atoms with Crippen LogP contribution in [0.3, 0.4) is 0 Å². The van der Waals surface area contributed by atoms with Crippen molar-refractivity contribution in [3.8, 4) is 0 Å². The number of allylic oxidation sites excluding steroid dienone is 1. The minimum Gasteiger partial charge on any atom is -0.458 e. The van der Waals surface area contributed by atoms with Crippen LogP contribution in [0.5, 0.6) is 0 Å². The van der Waals surface area contributed by atoms with E-state index in [-0.39, 0.29) is 54.1 Å². The fourth-order valence-corrected chi connectivity index (χ4v) is 7.70. The van der Waals surface area contributed by atoms with Gasteiger partial charge in [-0.25, -0.2) is 4.39 Å². The summed E-state index contributed by atoms with van der Waals surface area (Å²) in [7, 11) is 1.52. The van der Waals surface area contributed by atoms with Gasteiger partial charge in [0.15, 0.2) is 11.6 Å². The molecule has 0 aromatic heterocycles. The molecule has 0 aromatic carbocycles. The van der Waals surface area contributed by atoms with Gasteiger partial charge in [0.1, 0.15) is 25.7 Å². The number of hydrogen-bond acceptors (Lipinski definition) is 6. The topological polar surface area (TPSA) is 78.9 Å². The Balaban J connectivity index is 1.58. The van der Waals surface area contributed by atoms with Crippen LogP contribution >= 0.6 is 0 Å². The van der Waals surface area contributed by atoms with Crippen LogP contribution in [0.2, 0.25) is 0 Å². The number of halogens is 1. The molecule has 1 unspecified atom stereocenters. The lowest BCUT2D eigenvalue weighted by molar-refractivity contribution is -0.151. The lowest BCUT2D eigenvalue weighted by Gasteiger charge is -2.59. The van der Waals surface area contributed by atoms with E-state index >= 15 is 4.39 Å². The summed E-state index contributed by atoms with van der Waals surface area (Å²) in [4.78, 5) is 36.6. The van der Waals surface area contributed by atoms with E-state index in [1.54, 1.807) is 0 Å². The maximum absolute atomic E-state index is 15.5. The summed E-state index contributed by atoms with van der Waals surface area (Å²) < 4.78 is 31.2. The Labute approximate surface area is 189 Å². The first-order valence-electron chi connectivity index (χ1n) is 11.8. The van der Waals surface area contributed by atoms with Gasteiger partial charge in [0.05, 0.1) is 0 Å². The van der Waals surface area contributed by atoms with E-state index in [4.69, 9.17) is 14.2 Å². The molecule has 0 aliphatic heterocycles. The molecular weight excluding hydrogens is 415 g/mol. The van der Waals surface area contributed by atoms with Gasteiger partial charge >= 0.3 is 5.97 Å². The Morgan fingerprint density at radius 3 is 2.62 bits per heavy atom. The van der Waals surface area contributed by atoms with E-state index in [1.807, 2.05) is 0 Å². The molecule has 8 atom stereocenters. The Kier molecular flexibility index (Phi) is 6.36. The molecule has 6 nitrogen and oxygen atoms in total. The molecule has 0 heterocycles. The molecule has 4 rings (SSSR count). The van der Waals surface area contributed by atoms with Gasteiger partial charge < -0.3 is 14.2 Å². The third kappa shape index (κ3) is 3.75. The third-order valence-corrected chi connectivity index (χ3v) is 9.15. The highest BCUT2D eigenvalue weighted by atomic mass is 19.1. The summed E-state index contributed by atoms with van der Waals surface area (Å²) in [5, 5.41) is 0. The number of methoxy groups -OCH3 is 1. The maximum atomic E-state index is 15.5. The number of esters is 1. The molecule has 32 heavy (non-hydrogen) atoms. The summed E-state index contributed by atoms with van der Waals surface area (Å²) in [5.74, 6) is -0.121. The zero-order valence-electron chi connectivity index (χ0n) is 19.5. The number of carbonyl (C=O) groups excluding carboxylic acids is 3. The quantitative estimate of drug-likeness (QED) is 0.452. The van der Waals surface area contributed by atoms with Gasteiger partial charge in [-0.05, 0) is 78.8 Å². The first-order valence-corrected chi connectivity index (χ1v) is 11.8. The number of ether oxygens (including phenoxy) is 3. The highest BCUT2D eigenvalue weighted by molar-refractivity contribution is 5.95. The van der Waals surface area contributed by atoms with Crippen molar-refractivity contribution in [1.29, 1.82) is 0 Å². The van der Waals surface area contributed by atoms with Gasteiger partial charge in [0.25, 0.3) is 0 Å². The average Bonchev–Trinajstić information content (AvgIpc) is 3.09. The Bertz CT molecular complexity index is 823.